The maximum atomic E-state index is 12.7. The fourth-order valence-corrected chi connectivity index (χ4v) is 6.30. The Kier molecular flexibility index (Phi) is 17.4. The number of amides is 1. The van der Waals surface area contributed by atoms with E-state index in [0.29, 0.717) is 17.2 Å². The SMILES string of the molecule is CCCCCCCCCCCCCCCCCCNC(=O)[C@H]1CSC(c2cc(OC)c(OC)c(OC)c2)N1. The van der Waals surface area contributed by atoms with Crippen molar-refractivity contribution in [1.29, 1.82) is 0 Å². The summed E-state index contributed by atoms with van der Waals surface area (Å²) < 4.78 is 16.4. The predicted octanol–water partition coefficient (Wildman–Crippen LogP) is 7.79. The first kappa shape index (κ1) is 32.6. The summed E-state index contributed by atoms with van der Waals surface area (Å²) in [4.78, 5) is 12.7. The molecule has 1 aromatic rings. The van der Waals surface area contributed by atoms with E-state index in [9.17, 15) is 4.79 Å². The van der Waals surface area contributed by atoms with Crippen LogP contribution >= 0.6 is 11.8 Å². The second kappa shape index (κ2) is 20.3. The van der Waals surface area contributed by atoms with Crippen LogP contribution in [0.3, 0.4) is 0 Å². The zero-order chi connectivity index (χ0) is 27.4. The minimum Gasteiger partial charge on any atom is -0.493 e. The van der Waals surface area contributed by atoms with Crippen LogP contribution in [-0.4, -0.2) is 45.6 Å². The molecule has 2 rings (SSSR count). The third-order valence-corrected chi connectivity index (χ3v) is 8.69. The highest BCUT2D eigenvalue weighted by atomic mass is 32.2. The second-order valence-corrected chi connectivity index (χ2v) is 11.6. The molecule has 1 fully saturated rings. The number of nitrogens with one attached hydrogen (secondary N) is 2. The quantitative estimate of drug-likeness (QED) is 0.144. The lowest BCUT2D eigenvalue weighted by Crippen LogP contribution is -2.42. The van der Waals surface area contributed by atoms with Gasteiger partial charge in [0.05, 0.1) is 32.7 Å². The lowest BCUT2D eigenvalue weighted by atomic mass is 10.0. The molecule has 1 saturated heterocycles. The van der Waals surface area contributed by atoms with Gasteiger partial charge in [-0.05, 0) is 24.1 Å². The summed E-state index contributed by atoms with van der Waals surface area (Å²) >= 11 is 1.73. The van der Waals surface area contributed by atoms with Crippen LogP contribution in [0.2, 0.25) is 0 Å². The first-order valence-electron chi connectivity index (χ1n) is 15.1. The van der Waals surface area contributed by atoms with E-state index in [1.54, 1.807) is 33.1 Å². The molecule has 0 aromatic heterocycles. The summed E-state index contributed by atoms with van der Waals surface area (Å²) in [6.45, 7) is 3.04. The largest absolute Gasteiger partial charge is 0.493 e. The topological polar surface area (TPSA) is 68.8 Å². The van der Waals surface area contributed by atoms with Crippen molar-refractivity contribution in [2.75, 3.05) is 33.6 Å². The van der Waals surface area contributed by atoms with Crippen LogP contribution in [0.25, 0.3) is 0 Å². The molecule has 0 bridgehead atoms. The average molecular weight is 551 g/mol. The van der Waals surface area contributed by atoms with Crippen molar-refractivity contribution in [3.63, 3.8) is 0 Å². The molecule has 6 nitrogen and oxygen atoms in total. The Morgan fingerprint density at radius 3 is 1.71 bits per heavy atom. The van der Waals surface area contributed by atoms with E-state index in [2.05, 4.69) is 17.6 Å². The predicted molar refractivity (Wildman–Crippen MR) is 161 cm³/mol. The van der Waals surface area contributed by atoms with Gasteiger partial charge in [-0.15, -0.1) is 11.8 Å². The Labute approximate surface area is 236 Å². The van der Waals surface area contributed by atoms with Crippen molar-refractivity contribution in [1.82, 2.24) is 10.6 Å². The molecular formula is C31H54N2O4S. The normalized spacial score (nSPS) is 16.9. The lowest BCUT2D eigenvalue weighted by Gasteiger charge is -2.18. The Morgan fingerprint density at radius 2 is 1.26 bits per heavy atom. The molecule has 1 amide bonds. The number of thioether (sulfide) groups is 1. The molecule has 0 spiro atoms. The standard InChI is InChI=1S/C31H54N2O4S/c1-5-6-7-8-9-10-11-12-13-14-15-16-17-18-19-20-21-32-30(34)26-24-38-31(33-26)25-22-27(35-2)29(37-4)28(23-25)36-3/h22-23,26,31,33H,5-21,24H2,1-4H3,(H,32,34)/t26-,31?/m1/s1. The number of rotatable bonds is 22. The Hall–Kier alpha value is -1.60. The lowest BCUT2D eigenvalue weighted by molar-refractivity contribution is -0.122. The number of unbranched alkanes of at least 4 members (excludes halogenated alkanes) is 15. The average Bonchev–Trinajstić information content (AvgIpc) is 3.44. The summed E-state index contributed by atoms with van der Waals surface area (Å²) in [5, 5.41) is 6.59. The van der Waals surface area contributed by atoms with Gasteiger partial charge >= 0.3 is 0 Å². The molecule has 38 heavy (non-hydrogen) atoms. The zero-order valence-electron chi connectivity index (χ0n) is 24.6. The van der Waals surface area contributed by atoms with E-state index in [-0.39, 0.29) is 17.3 Å². The Balaban J connectivity index is 1.48. The molecule has 1 heterocycles. The number of carbonyl (C=O) groups excluding carboxylic acids is 1. The van der Waals surface area contributed by atoms with Crippen LogP contribution < -0.4 is 24.8 Å². The molecule has 2 N–H and O–H groups in total. The molecule has 1 aromatic carbocycles. The van der Waals surface area contributed by atoms with Crippen LogP contribution in [0.5, 0.6) is 17.2 Å². The van der Waals surface area contributed by atoms with Gasteiger partial charge in [0.2, 0.25) is 11.7 Å². The van der Waals surface area contributed by atoms with Crippen molar-refractivity contribution in [2.24, 2.45) is 0 Å². The molecule has 218 valence electrons. The number of ether oxygens (including phenoxy) is 3. The van der Waals surface area contributed by atoms with E-state index >= 15 is 0 Å². The van der Waals surface area contributed by atoms with E-state index in [1.807, 2.05) is 12.1 Å². The molecule has 0 radical (unpaired) electrons. The third kappa shape index (κ3) is 12.1. The van der Waals surface area contributed by atoms with Gasteiger partial charge < -0.3 is 19.5 Å². The highest BCUT2D eigenvalue weighted by Crippen LogP contribution is 2.43. The molecule has 1 aliphatic heterocycles. The van der Waals surface area contributed by atoms with Crippen molar-refractivity contribution in [2.45, 2.75) is 121 Å². The number of benzene rings is 1. The van der Waals surface area contributed by atoms with Crippen LogP contribution in [0.1, 0.15) is 121 Å². The van der Waals surface area contributed by atoms with Crippen LogP contribution in [-0.2, 0) is 4.79 Å². The van der Waals surface area contributed by atoms with Gasteiger partial charge in [-0.3, -0.25) is 10.1 Å². The van der Waals surface area contributed by atoms with Gasteiger partial charge in [0.15, 0.2) is 11.5 Å². The van der Waals surface area contributed by atoms with Crippen LogP contribution in [0, 0.1) is 0 Å². The van der Waals surface area contributed by atoms with Crippen LogP contribution in [0.4, 0.5) is 0 Å². The fourth-order valence-electron chi connectivity index (χ4n) is 5.08. The molecule has 2 atom stereocenters. The minimum absolute atomic E-state index is 0.00926. The molecular weight excluding hydrogens is 496 g/mol. The molecule has 1 unspecified atom stereocenters. The van der Waals surface area contributed by atoms with Gasteiger partial charge in [-0.1, -0.05) is 103 Å². The summed E-state index contributed by atoms with van der Waals surface area (Å²) in [5.74, 6) is 2.66. The van der Waals surface area contributed by atoms with Gasteiger partial charge in [0, 0.05) is 12.3 Å². The first-order chi connectivity index (χ1) is 18.6. The van der Waals surface area contributed by atoms with Crippen LogP contribution in [0.15, 0.2) is 12.1 Å². The third-order valence-electron chi connectivity index (χ3n) is 7.42. The first-order valence-corrected chi connectivity index (χ1v) is 16.1. The van der Waals surface area contributed by atoms with Crippen molar-refractivity contribution < 1.29 is 19.0 Å². The number of hydrogen-bond acceptors (Lipinski definition) is 6. The summed E-state index contributed by atoms with van der Waals surface area (Å²) in [7, 11) is 4.83. The Morgan fingerprint density at radius 1 is 0.789 bits per heavy atom. The number of hydrogen-bond donors (Lipinski definition) is 2. The monoisotopic (exact) mass is 550 g/mol. The maximum absolute atomic E-state index is 12.7. The maximum Gasteiger partial charge on any atom is 0.238 e. The van der Waals surface area contributed by atoms with Gasteiger partial charge in [0.1, 0.15) is 0 Å². The van der Waals surface area contributed by atoms with Crippen molar-refractivity contribution in [3.8, 4) is 17.2 Å². The van der Waals surface area contributed by atoms with Crippen molar-refractivity contribution >= 4 is 17.7 Å². The van der Waals surface area contributed by atoms with Crippen molar-refractivity contribution in [3.05, 3.63) is 17.7 Å². The summed E-state index contributed by atoms with van der Waals surface area (Å²) in [6.07, 6.45) is 21.7. The van der Waals surface area contributed by atoms with E-state index in [0.717, 1.165) is 24.3 Å². The summed E-state index contributed by atoms with van der Waals surface area (Å²) in [6, 6.07) is 3.70. The smallest absolute Gasteiger partial charge is 0.238 e. The highest BCUT2D eigenvalue weighted by Gasteiger charge is 2.31. The zero-order valence-corrected chi connectivity index (χ0v) is 25.4. The highest BCUT2D eigenvalue weighted by molar-refractivity contribution is 7.99. The van der Waals surface area contributed by atoms with Gasteiger partial charge in [0.25, 0.3) is 0 Å². The minimum atomic E-state index is -0.190. The van der Waals surface area contributed by atoms with E-state index in [4.69, 9.17) is 14.2 Å². The second-order valence-electron chi connectivity index (χ2n) is 10.5. The summed E-state index contributed by atoms with van der Waals surface area (Å²) in [5.41, 5.74) is 1.01. The Bertz CT molecular complexity index is 751. The van der Waals surface area contributed by atoms with E-state index in [1.165, 1.54) is 96.3 Å². The molecule has 0 aliphatic carbocycles. The molecule has 7 heteroatoms. The number of methoxy groups -OCH3 is 3. The van der Waals surface area contributed by atoms with Gasteiger partial charge in [-0.2, -0.15) is 0 Å². The molecule has 0 saturated carbocycles. The molecule has 1 aliphatic rings. The van der Waals surface area contributed by atoms with E-state index < -0.39 is 0 Å². The fraction of sp³-hybridized carbons (Fsp3) is 0.774. The van der Waals surface area contributed by atoms with Gasteiger partial charge in [-0.25, -0.2) is 0 Å². The number of carbonyl (C=O) groups is 1.